The van der Waals surface area contributed by atoms with Crippen LogP contribution in [0.5, 0.6) is 11.5 Å². The van der Waals surface area contributed by atoms with Gasteiger partial charge in [0, 0.05) is 23.9 Å². The summed E-state index contributed by atoms with van der Waals surface area (Å²) in [6.45, 7) is -0.171. The van der Waals surface area contributed by atoms with Crippen LogP contribution in [0.15, 0.2) is 101 Å². The van der Waals surface area contributed by atoms with E-state index in [1.165, 1.54) is 13.3 Å². The molecule has 0 spiro atoms. The number of hydrogen-bond acceptors (Lipinski definition) is 9. The first-order valence-electron chi connectivity index (χ1n) is 13.6. The van der Waals surface area contributed by atoms with Crippen molar-refractivity contribution in [1.82, 2.24) is 9.55 Å². The molecule has 13 heteroatoms. The molecule has 5 atom stereocenters. The van der Waals surface area contributed by atoms with E-state index in [4.69, 9.17) is 28.2 Å². The van der Waals surface area contributed by atoms with Crippen molar-refractivity contribution < 1.29 is 37.7 Å². The standard InChI is InChI=1S/C31H31N2O10P/c1-38-23-13-9-21(10-14-23)31(20-7-5-4-6-8-20,22-11-15-24(39-2)16-12-22)41-19-25-27(43-44(36)37)28(40-3)29(42-25)33-18-17-26(34)32-30(33)35/h4-18,25,27-29H,19H2,1-3H3,(H-,32,34,35,36,37)/p+1/t25-,27-,28-,29-/m1/s1. The SMILES string of the molecule is COc1ccc(C(OC[C@H]2O[C@@H](n3ccc(=O)[nH]c3=O)[C@H](OC)[C@@H]2O[P+](=O)O)(c2ccccc2)c2ccc(OC)cc2)cc1. The third-order valence-electron chi connectivity index (χ3n) is 7.53. The van der Waals surface area contributed by atoms with Crippen LogP contribution in [0.25, 0.3) is 0 Å². The fourth-order valence-corrected chi connectivity index (χ4v) is 5.92. The fraction of sp³-hybridized carbons (Fsp3) is 0.290. The van der Waals surface area contributed by atoms with Gasteiger partial charge in [0.15, 0.2) is 12.3 Å². The van der Waals surface area contributed by atoms with E-state index in [1.807, 2.05) is 78.9 Å². The van der Waals surface area contributed by atoms with Crippen LogP contribution < -0.4 is 20.7 Å². The van der Waals surface area contributed by atoms with Crippen LogP contribution in [0.4, 0.5) is 0 Å². The Balaban J connectivity index is 1.61. The minimum absolute atomic E-state index is 0.171. The van der Waals surface area contributed by atoms with E-state index in [0.717, 1.165) is 27.3 Å². The lowest BCUT2D eigenvalue weighted by Gasteiger charge is -2.37. The van der Waals surface area contributed by atoms with Gasteiger partial charge in [0.25, 0.3) is 5.56 Å². The summed E-state index contributed by atoms with van der Waals surface area (Å²) >= 11 is 0. The summed E-state index contributed by atoms with van der Waals surface area (Å²) in [7, 11) is 1.44. The molecule has 2 heterocycles. The molecular formula is C31H32N2O10P+. The van der Waals surface area contributed by atoms with Gasteiger partial charge in [-0.25, -0.2) is 4.79 Å². The maximum Gasteiger partial charge on any atom is 0.695 e. The minimum Gasteiger partial charge on any atom is -0.497 e. The Hall–Kier alpha value is -4.16. The number of hydrogen-bond donors (Lipinski definition) is 2. The molecule has 2 N–H and O–H groups in total. The summed E-state index contributed by atoms with van der Waals surface area (Å²) in [5, 5.41) is 0. The van der Waals surface area contributed by atoms with E-state index < -0.39 is 49.6 Å². The number of benzene rings is 3. The summed E-state index contributed by atoms with van der Waals surface area (Å²) in [5.41, 5.74) is -0.241. The molecule has 0 amide bonds. The summed E-state index contributed by atoms with van der Waals surface area (Å²) in [6, 6.07) is 25.6. The van der Waals surface area contributed by atoms with Crippen molar-refractivity contribution in [1.29, 1.82) is 0 Å². The average molecular weight is 624 g/mol. The lowest BCUT2D eigenvalue weighted by atomic mass is 9.80. The summed E-state index contributed by atoms with van der Waals surface area (Å²) in [5.74, 6) is 1.31. The van der Waals surface area contributed by atoms with Gasteiger partial charge >= 0.3 is 13.9 Å². The van der Waals surface area contributed by atoms with Crippen molar-refractivity contribution in [2.24, 2.45) is 0 Å². The van der Waals surface area contributed by atoms with Crippen LogP contribution in [0.1, 0.15) is 22.9 Å². The summed E-state index contributed by atoms with van der Waals surface area (Å²) in [6.07, 6.45) is -2.97. The number of nitrogens with zero attached hydrogens (tertiary/aromatic N) is 1. The van der Waals surface area contributed by atoms with Gasteiger partial charge in [0.05, 0.1) is 20.8 Å². The smallest absolute Gasteiger partial charge is 0.497 e. The zero-order valence-electron chi connectivity index (χ0n) is 24.2. The first-order chi connectivity index (χ1) is 21.3. The van der Waals surface area contributed by atoms with Gasteiger partial charge in [-0.1, -0.05) is 54.6 Å². The Bertz CT molecular complexity index is 1630. The van der Waals surface area contributed by atoms with Crippen molar-refractivity contribution in [3.8, 4) is 11.5 Å². The number of ether oxygens (including phenoxy) is 5. The Kier molecular flexibility index (Phi) is 9.70. The normalized spacial score (nSPS) is 20.3. The molecule has 1 aliphatic heterocycles. The Morgan fingerprint density at radius 3 is 1.91 bits per heavy atom. The first kappa shape index (κ1) is 31.3. The molecule has 1 unspecified atom stereocenters. The fourth-order valence-electron chi connectivity index (χ4n) is 5.46. The van der Waals surface area contributed by atoms with Gasteiger partial charge in [-0.2, -0.15) is 0 Å². The van der Waals surface area contributed by atoms with Gasteiger partial charge in [0.1, 0.15) is 29.3 Å². The Labute approximate surface area is 253 Å². The lowest BCUT2D eigenvalue weighted by molar-refractivity contribution is -0.0954. The molecule has 0 bridgehead atoms. The lowest BCUT2D eigenvalue weighted by Crippen LogP contribution is -2.41. The van der Waals surface area contributed by atoms with Crippen molar-refractivity contribution in [2.45, 2.75) is 30.1 Å². The molecule has 1 fully saturated rings. The topological polar surface area (TPSA) is 148 Å². The summed E-state index contributed by atoms with van der Waals surface area (Å²) in [4.78, 5) is 36.3. The highest BCUT2D eigenvalue weighted by Gasteiger charge is 2.52. The monoisotopic (exact) mass is 623 g/mol. The van der Waals surface area contributed by atoms with E-state index in [2.05, 4.69) is 4.98 Å². The van der Waals surface area contributed by atoms with Crippen LogP contribution in [-0.4, -0.2) is 60.7 Å². The van der Waals surface area contributed by atoms with Crippen LogP contribution in [-0.2, 0) is 28.9 Å². The van der Waals surface area contributed by atoms with Crippen molar-refractivity contribution in [2.75, 3.05) is 27.9 Å². The number of H-pyrrole nitrogens is 1. The van der Waals surface area contributed by atoms with Crippen molar-refractivity contribution in [3.05, 3.63) is 129 Å². The molecular weight excluding hydrogens is 591 g/mol. The van der Waals surface area contributed by atoms with Crippen molar-refractivity contribution >= 4 is 8.25 Å². The minimum atomic E-state index is -3.09. The maximum absolute atomic E-state index is 12.7. The molecule has 1 aliphatic rings. The second-order valence-electron chi connectivity index (χ2n) is 9.91. The number of aromatic nitrogens is 2. The van der Waals surface area contributed by atoms with E-state index >= 15 is 0 Å². The number of rotatable bonds is 12. The number of aromatic amines is 1. The first-order valence-corrected chi connectivity index (χ1v) is 14.7. The second kappa shape index (κ2) is 13.6. The van der Waals surface area contributed by atoms with Gasteiger partial charge in [0.2, 0.25) is 0 Å². The van der Waals surface area contributed by atoms with E-state index in [9.17, 15) is 19.0 Å². The zero-order valence-corrected chi connectivity index (χ0v) is 25.1. The third kappa shape index (κ3) is 6.22. The quantitative estimate of drug-likeness (QED) is 0.178. The Morgan fingerprint density at radius 2 is 1.41 bits per heavy atom. The predicted molar refractivity (Wildman–Crippen MR) is 159 cm³/mol. The highest BCUT2D eigenvalue weighted by Crippen LogP contribution is 2.44. The molecule has 1 aromatic heterocycles. The van der Waals surface area contributed by atoms with E-state index in [1.54, 1.807) is 14.2 Å². The highest BCUT2D eigenvalue weighted by atomic mass is 31.1. The predicted octanol–water partition coefficient (Wildman–Crippen LogP) is 3.51. The third-order valence-corrected chi connectivity index (χ3v) is 7.96. The zero-order chi connectivity index (χ0) is 31.3. The number of methoxy groups -OCH3 is 3. The molecule has 0 radical (unpaired) electrons. The van der Waals surface area contributed by atoms with E-state index in [0.29, 0.717) is 11.5 Å². The van der Waals surface area contributed by atoms with E-state index in [-0.39, 0.29) is 6.61 Å². The largest absolute Gasteiger partial charge is 0.695 e. The molecule has 12 nitrogen and oxygen atoms in total. The molecule has 4 aromatic rings. The van der Waals surface area contributed by atoms with Crippen LogP contribution in [0, 0.1) is 0 Å². The molecule has 0 saturated carbocycles. The van der Waals surface area contributed by atoms with Gasteiger partial charge < -0.3 is 23.7 Å². The van der Waals surface area contributed by atoms with Crippen LogP contribution >= 0.6 is 8.25 Å². The van der Waals surface area contributed by atoms with Crippen LogP contribution in [0.3, 0.4) is 0 Å². The molecule has 3 aromatic carbocycles. The maximum atomic E-state index is 12.7. The van der Waals surface area contributed by atoms with Gasteiger partial charge in [-0.15, -0.1) is 9.42 Å². The molecule has 0 aliphatic carbocycles. The Morgan fingerprint density at radius 1 is 0.841 bits per heavy atom. The van der Waals surface area contributed by atoms with Crippen molar-refractivity contribution in [3.63, 3.8) is 0 Å². The number of nitrogens with one attached hydrogen (secondary N) is 1. The molecule has 5 rings (SSSR count). The molecule has 44 heavy (non-hydrogen) atoms. The average Bonchev–Trinajstić information content (AvgIpc) is 3.38. The summed E-state index contributed by atoms with van der Waals surface area (Å²) < 4.78 is 48.0. The highest BCUT2D eigenvalue weighted by molar-refractivity contribution is 7.32. The van der Waals surface area contributed by atoms with Crippen LogP contribution in [0.2, 0.25) is 0 Å². The van der Waals surface area contributed by atoms with Gasteiger partial charge in [-0.3, -0.25) is 14.3 Å². The molecule has 1 saturated heterocycles. The van der Waals surface area contributed by atoms with Gasteiger partial charge in [-0.05, 0) is 41.0 Å². The second-order valence-corrected chi connectivity index (χ2v) is 10.6. The molecule has 230 valence electrons.